The third kappa shape index (κ3) is 20.7. The molecule has 0 radical (unpaired) electrons. The van der Waals surface area contributed by atoms with Crippen molar-refractivity contribution < 1.29 is 0 Å². The van der Waals surface area contributed by atoms with Crippen molar-refractivity contribution >= 4 is 17.2 Å². The topological polar surface area (TPSA) is 0 Å². The molecule has 0 aromatic carbocycles. The van der Waals surface area contributed by atoms with E-state index in [1.165, 1.54) is 122 Å². The van der Waals surface area contributed by atoms with Crippen LogP contribution >= 0.6 is 17.2 Å². The third-order valence-electron chi connectivity index (χ3n) is 7.24. The van der Waals surface area contributed by atoms with Crippen LogP contribution in [0.3, 0.4) is 0 Å². The smallest absolute Gasteiger partial charge is 0.153 e. The van der Waals surface area contributed by atoms with Gasteiger partial charge in [-0.1, -0.05) is 26.2 Å². The molecule has 0 fully saturated rings. The molecule has 0 aromatic heterocycles. The van der Waals surface area contributed by atoms with Gasteiger partial charge >= 0.3 is 162 Å². The number of unbranched alkanes of at least 4 members (excludes halogenated alkanes) is 16. The SMILES string of the molecule is CCCCCCCCCCCCCCCC[PH](CCCC)(CCCC)CCCC.P. The van der Waals surface area contributed by atoms with Gasteiger partial charge in [-0.2, -0.15) is 9.90 Å². The van der Waals surface area contributed by atoms with E-state index in [2.05, 4.69) is 27.7 Å². The van der Waals surface area contributed by atoms with Crippen LogP contribution in [0.15, 0.2) is 0 Å². The summed E-state index contributed by atoms with van der Waals surface area (Å²) in [6.07, 6.45) is 36.2. The zero-order valence-corrected chi connectivity index (χ0v) is 24.6. The van der Waals surface area contributed by atoms with Crippen molar-refractivity contribution in [2.45, 2.75) is 156 Å². The van der Waals surface area contributed by atoms with Crippen LogP contribution in [-0.2, 0) is 0 Å². The summed E-state index contributed by atoms with van der Waals surface area (Å²) in [6, 6.07) is 0. The molecule has 1 unspecified atom stereocenters. The minimum Gasteiger partial charge on any atom is -0.153 e. The molecular weight excluding hydrogens is 398 g/mol. The third-order valence-corrected chi connectivity index (χ3v) is 12.9. The van der Waals surface area contributed by atoms with Crippen molar-refractivity contribution in [1.29, 1.82) is 0 Å². The Balaban J connectivity index is 0. The minimum absolute atomic E-state index is 0. The molecule has 0 aliphatic heterocycles. The van der Waals surface area contributed by atoms with Crippen LogP contribution in [0.2, 0.25) is 0 Å². The predicted octanol–water partition coefficient (Wildman–Crippen LogP) is 10.7. The van der Waals surface area contributed by atoms with Crippen LogP contribution in [0.5, 0.6) is 0 Å². The molecule has 30 heavy (non-hydrogen) atoms. The van der Waals surface area contributed by atoms with Gasteiger partial charge in [0.15, 0.2) is 0 Å². The number of rotatable bonds is 24. The Hall–Kier alpha value is 0.860. The summed E-state index contributed by atoms with van der Waals surface area (Å²) in [4.78, 5) is 0. The summed E-state index contributed by atoms with van der Waals surface area (Å²) >= 11 is 0. The Morgan fingerprint density at radius 2 is 0.533 bits per heavy atom. The maximum absolute atomic E-state index is 2.39. The maximum atomic E-state index is 2.39. The molecule has 0 bridgehead atoms. The van der Waals surface area contributed by atoms with Crippen molar-refractivity contribution in [3.63, 3.8) is 0 Å². The molecule has 0 aliphatic carbocycles. The number of hydrogen-bond donors (Lipinski definition) is 0. The molecule has 2 heteroatoms. The van der Waals surface area contributed by atoms with E-state index < -0.39 is 7.26 Å². The van der Waals surface area contributed by atoms with Gasteiger partial charge in [0.05, 0.1) is 0 Å². The quantitative estimate of drug-likeness (QED) is 0.0988. The van der Waals surface area contributed by atoms with E-state index >= 15 is 0 Å². The Labute approximate surface area is 197 Å². The van der Waals surface area contributed by atoms with Crippen LogP contribution in [0, 0.1) is 0 Å². The van der Waals surface area contributed by atoms with Gasteiger partial charge in [-0.3, -0.25) is 0 Å². The van der Waals surface area contributed by atoms with Gasteiger partial charge in [0.1, 0.15) is 0 Å². The predicted molar refractivity (Wildman–Crippen MR) is 154 cm³/mol. The Kier molecular flexibility index (Phi) is 28.8. The van der Waals surface area contributed by atoms with Gasteiger partial charge in [-0.05, 0) is 0 Å². The van der Waals surface area contributed by atoms with E-state index in [0.29, 0.717) is 0 Å². The molecule has 0 rings (SSSR count). The van der Waals surface area contributed by atoms with Crippen molar-refractivity contribution in [2.75, 3.05) is 24.6 Å². The van der Waals surface area contributed by atoms with E-state index in [1.807, 2.05) is 0 Å². The zero-order valence-electron chi connectivity index (χ0n) is 22.2. The van der Waals surface area contributed by atoms with Crippen LogP contribution in [0.4, 0.5) is 0 Å². The van der Waals surface area contributed by atoms with Crippen LogP contribution in [0.25, 0.3) is 0 Å². The van der Waals surface area contributed by atoms with Gasteiger partial charge in [0.2, 0.25) is 0 Å². The fourth-order valence-electron chi connectivity index (χ4n) is 5.10. The molecule has 0 amide bonds. The van der Waals surface area contributed by atoms with E-state index in [9.17, 15) is 0 Å². The molecule has 186 valence electrons. The van der Waals surface area contributed by atoms with Crippen LogP contribution < -0.4 is 0 Å². The summed E-state index contributed by atoms with van der Waals surface area (Å²) in [5.74, 6) is 0. The van der Waals surface area contributed by atoms with Crippen molar-refractivity contribution in [2.24, 2.45) is 0 Å². The Morgan fingerprint density at radius 3 is 0.833 bits per heavy atom. The normalized spacial score (nSPS) is 12.1. The standard InChI is InChI=1S/C28H61P.H3P/c1-5-9-13-14-15-16-17-18-19-20-21-22-23-24-28-29(25-10-6-2,26-11-7-3)27-12-8-4;/h29H,5-28H2,1-4H3;1H3. The number of hydrogen-bond acceptors (Lipinski definition) is 0. The van der Waals surface area contributed by atoms with E-state index in [4.69, 9.17) is 0 Å². The monoisotopic (exact) mass is 462 g/mol. The van der Waals surface area contributed by atoms with Crippen LogP contribution in [0.1, 0.15) is 156 Å². The van der Waals surface area contributed by atoms with Gasteiger partial charge in [0, 0.05) is 0 Å². The molecule has 0 nitrogen and oxygen atoms in total. The summed E-state index contributed by atoms with van der Waals surface area (Å²) in [7, 11) is -0.961. The summed E-state index contributed by atoms with van der Waals surface area (Å²) in [6.45, 7) is 9.49. The van der Waals surface area contributed by atoms with Gasteiger partial charge in [0.25, 0.3) is 0 Å². The van der Waals surface area contributed by atoms with E-state index in [-0.39, 0.29) is 9.90 Å². The first kappa shape index (κ1) is 33.0. The maximum Gasteiger partial charge on any atom is -0.153 e. The van der Waals surface area contributed by atoms with Gasteiger partial charge < -0.3 is 0 Å². The fourth-order valence-corrected chi connectivity index (χ4v) is 10.9. The zero-order chi connectivity index (χ0) is 21.5. The van der Waals surface area contributed by atoms with Crippen molar-refractivity contribution in [3.8, 4) is 0 Å². The molecule has 0 saturated heterocycles. The van der Waals surface area contributed by atoms with Gasteiger partial charge in [-0.15, -0.1) is 0 Å². The molecule has 0 heterocycles. The first-order valence-electron chi connectivity index (χ1n) is 14.2. The molecule has 0 spiro atoms. The van der Waals surface area contributed by atoms with E-state index in [0.717, 1.165) is 0 Å². The average molecular weight is 463 g/mol. The summed E-state index contributed by atoms with van der Waals surface area (Å²) in [5.41, 5.74) is 0. The van der Waals surface area contributed by atoms with E-state index in [1.54, 1.807) is 31.1 Å². The minimum atomic E-state index is -0.961. The second-order valence-corrected chi connectivity index (χ2v) is 15.2. The molecule has 0 N–H and O–H groups in total. The first-order chi connectivity index (χ1) is 14.2. The second kappa shape index (κ2) is 26.1. The Bertz CT molecular complexity index is 281. The largest absolute Gasteiger partial charge is 0.153 e. The molecule has 0 aliphatic rings. The van der Waals surface area contributed by atoms with Gasteiger partial charge in [-0.25, -0.2) is 0 Å². The van der Waals surface area contributed by atoms with Crippen molar-refractivity contribution in [3.05, 3.63) is 0 Å². The summed E-state index contributed by atoms with van der Waals surface area (Å²) < 4.78 is 0. The van der Waals surface area contributed by atoms with Crippen LogP contribution in [-0.4, -0.2) is 24.6 Å². The molecule has 0 aromatic rings. The fraction of sp³-hybridized carbons (Fsp3) is 1.00. The molecular formula is C28H64P2. The Morgan fingerprint density at radius 1 is 0.300 bits per heavy atom. The second-order valence-electron chi connectivity index (χ2n) is 10.2. The average Bonchev–Trinajstić information content (AvgIpc) is 2.74. The van der Waals surface area contributed by atoms with Crippen molar-refractivity contribution in [1.82, 2.24) is 0 Å². The first-order valence-corrected chi connectivity index (χ1v) is 17.1. The summed E-state index contributed by atoms with van der Waals surface area (Å²) in [5, 5.41) is 0. The molecule has 0 saturated carbocycles. The molecule has 1 atom stereocenters.